The van der Waals surface area contributed by atoms with E-state index in [4.69, 9.17) is 11.6 Å². The molecule has 0 saturated carbocycles. The summed E-state index contributed by atoms with van der Waals surface area (Å²) in [5.74, 6) is -0.737. The molecule has 0 aliphatic rings. The first-order valence-corrected chi connectivity index (χ1v) is 10.8. The summed E-state index contributed by atoms with van der Waals surface area (Å²) in [6, 6.07) is 17.3. The Bertz CT molecular complexity index is 1220. The number of rotatable bonds is 7. The maximum Gasteiger partial charge on any atom is 0.255 e. The summed E-state index contributed by atoms with van der Waals surface area (Å²) >= 11 is 6.28. The predicted molar refractivity (Wildman–Crippen MR) is 127 cm³/mol. The number of pyridine rings is 1. The molecule has 33 heavy (non-hydrogen) atoms. The largest absolute Gasteiger partial charge is 0.350 e. The van der Waals surface area contributed by atoms with Crippen LogP contribution in [0.2, 0.25) is 5.02 Å². The third-order valence-electron chi connectivity index (χ3n) is 5.33. The van der Waals surface area contributed by atoms with Crippen molar-refractivity contribution in [1.82, 2.24) is 25.0 Å². The lowest BCUT2D eigenvalue weighted by molar-refractivity contribution is 0.0942. The Morgan fingerprint density at radius 2 is 1.91 bits per heavy atom. The molecule has 4 rings (SSSR count). The number of amides is 1. The van der Waals surface area contributed by atoms with Crippen LogP contribution in [-0.2, 0) is 0 Å². The molecular formula is C25H23ClFN5O. The third kappa shape index (κ3) is 4.94. The van der Waals surface area contributed by atoms with Gasteiger partial charge in [0.1, 0.15) is 11.5 Å². The van der Waals surface area contributed by atoms with Crippen molar-refractivity contribution in [2.24, 2.45) is 0 Å². The zero-order chi connectivity index (χ0) is 23.4. The molecule has 0 aliphatic carbocycles. The van der Waals surface area contributed by atoms with Crippen LogP contribution in [0.15, 0.2) is 79.3 Å². The van der Waals surface area contributed by atoms with E-state index in [9.17, 15) is 9.18 Å². The van der Waals surface area contributed by atoms with Crippen molar-refractivity contribution in [3.8, 4) is 16.9 Å². The van der Waals surface area contributed by atoms with Gasteiger partial charge in [0.2, 0.25) is 0 Å². The molecule has 1 atom stereocenters. The predicted octanol–water partition coefficient (Wildman–Crippen LogP) is 4.76. The maximum absolute atomic E-state index is 14.5. The smallest absolute Gasteiger partial charge is 0.255 e. The Kier molecular flexibility index (Phi) is 6.82. The van der Waals surface area contributed by atoms with Crippen LogP contribution in [-0.4, -0.2) is 46.2 Å². The number of carbonyl (C=O) groups is 1. The average molecular weight is 464 g/mol. The van der Waals surface area contributed by atoms with Crippen molar-refractivity contribution in [1.29, 1.82) is 0 Å². The molecule has 0 saturated heterocycles. The molecule has 0 aliphatic heterocycles. The van der Waals surface area contributed by atoms with Crippen molar-refractivity contribution in [3.63, 3.8) is 0 Å². The number of para-hydroxylation sites is 1. The highest BCUT2D eigenvalue weighted by atomic mass is 35.5. The molecule has 4 aromatic rings. The molecule has 0 fully saturated rings. The van der Waals surface area contributed by atoms with Crippen LogP contribution in [0.25, 0.3) is 16.9 Å². The van der Waals surface area contributed by atoms with Crippen LogP contribution in [0.4, 0.5) is 4.39 Å². The molecule has 8 heteroatoms. The number of nitrogens with zero attached hydrogens (tertiary/aromatic N) is 4. The van der Waals surface area contributed by atoms with Crippen LogP contribution in [0.5, 0.6) is 0 Å². The van der Waals surface area contributed by atoms with Gasteiger partial charge >= 0.3 is 0 Å². The zero-order valence-corrected chi connectivity index (χ0v) is 19.0. The quantitative estimate of drug-likeness (QED) is 0.429. The number of hydrogen-bond acceptors (Lipinski definition) is 4. The summed E-state index contributed by atoms with van der Waals surface area (Å²) in [7, 11) is 3.63. The number of benzene rings is 2. The van der Waals surface area contributed by atoms with Gasteiger partial charge in [-0.2, -0.15) is 5.10 Å². The number of carbonyl (C=O) groups excluding carboxylic acids is 1. The van der Waals surface area contributed by atoms with Crippen LogP contribution in [0.1, 0.15) is 22.0 Å². The molecule has 0 spiro atoms. The molecule has 1 amide bonds. The first-order valence-electron chi connectivity index (χ1n) is 10.4. The van der Waals surface area contributed by atoms with Crippen molar-refractivity contribution >= 4 is 17.5 Å². The minimum atomic E-state index is -0.450. The Morgan fingerprint density at radius 1 is 1.12 bits per heavy atom. The minimum Gasteiger partial charge on any atom is -0.350 e. The van der Waals surface area contributed by atoms with Gasteiger partial charge in [-0.25, -0.2) is 9.07 Å². The summed E-state index contributed by atoms with van der Waals surface area (Å²) in [5, 5.41) is 7.89. The van der Waals surface area contributed by atoms with E-state index in [2.05, 4.69) is 15.4 Å². The van der Waals surface area contributed by atoms with Crippen LogP contribution in [0.3, 0.4) is 0 Å². The van der Waals surface area contributed by atoms with Crippen molar-refractivity contribution in [3.05, 3.63) is 101 Å². The number of likely N-dealkylation sites (N-methyl/N-ethyl adjacent to an activating group) is 1. The van der Waals surface area contributed by atoms with Crippen LogP contribution in [0, 0.1) is 5.82 Å². The summed E-state index contributed by atoms with van der Waals surface area (Å²) < 4.78 is 16.2. The fraction of sp³-hybridized carbons (Fsp3) is 0.160. The maximum atomic E-state index is 14.5. The number of hydrogen-bond donors (Lipinski definition) is 1. The lowest BCUT2D eigenvalue weighted by Crippen LogP contribution is -2.35. The molecule has 6 nitrogen and oxygen atoms in total. The molecular weight excluding hydrogens is 441 g/mol. The number of aromatic nitrogens is 3. The Labute approximate surface area is 196 Å². The number of nitrogens with one attached hydrogen (secondary N) is 1. The van der Waals surface area contributed by atoms with E-state index < -0.39 is 11.9 Å². The normalized spacial score (nSPS) is 12.0. The van der Waals surface area contributed by atoms with E-state index in [1.54, 1.807) is 41.5 Å². The van der Waals surface area contributed by atoms with E-state index in [0.717, 1.165) is 11.3 Å². The van der Waals surface area contributed by atoms with E-state index in [1.807, 2.05) is 55.4 Å². The fourth-order valence-corrected chi connectivity index (χ4v) is 3.91. The van der Waals surface area contributed by atoms with Gasteiger partial charge in [-0.1, -0.05) is 35.9 Å². The molecule has 0 radical (unpaired) electrons. The summed E-state index contributed by atoms with van der Waals surface area (Å²) in [5.41, 5.74) is 2.79. The van der Waals surface area contributed by atoms with Gasteiger partial charge in [-0.15, -0.1) is 0 Å². The molecule has 168 valence electrons. The second-order valence-corrected chi connectivity index (χ2v) is 8.15. The second kappa shape index (κ2) is 9.94. The van der Waals surface area contributed by atoms with Crippen LogP contribution < -0.4 is 5.32 Å². The molecule has 0 bridgehead atoms. The summed E-state index contributed by atoms with van der Waals surface area (Å²) in [6.07, 6.45) is 5.02. The molecule has 2 aromatic carbocycles. The van der Waals surface area contributed by atoms with E-state index in [0.29, 0.717) is 21.8 Å². The molecule has 1 unspecified atom stereocenters. The third-order valence-corrected chi connectivity index (χ3v) is 5.66. The highest BCUT2D eigenvalue weighted by molar-refractivity contribution is 6.31. The molecule has 2 aromatic heterocycles. The SMILES string of the molecule is CN(C)C(CNC(=O)c1cn(-c2ccccc2)nc1-c1cccnc1)c1c(F)cccc1Cl. The topological polar surface area (TPSA) is 63.1 Å². The van der Waals surface area contributed by atoms with Gasteiger partial charge < -0.3 is 10.2 Å². The first kappa shape index (κ1) is 22.6. The van der Waals surface area contributed by atoms with Crippen LogP contribution >= 0.6 is 11.6 Å². The van der Waals surface area contributed by atoms with E-state index in [1.165, 1.54) is 6.07 Å². The highest BCUT2D eigenvalue weighted by Gasteiger charge is 2.24. The van der Waals surface area contributed by atoms with Crippen molar-refractivity contribution < 1.29 is 9.18 Å². The highest BCUT2D eigenvalue weighted by Crippen LogP contribution is 2.29. The van der Waals surface area contributed by atoms with Gasteiger partial charge in [-0.05, 0) is 50.5 Å². The van der Waals surface area contributed by atoms with Crippen molar-refractivity contribution in [2.75, 3.05) is 20.6 Å². The van der Waals surface area contributed by atoms with Gasteiger partial charge in [0.25, 0.3) is 5.91 Å². The van der Waals surface area contributed by atoms with Gasteiger partial charge in [-0.3, -0.25) is 9.78 Å². The summed E-state index contributed by atoms with van der Waals surface area (Å²) in [6.45, 7) is 0.162. The Hall–Kier alpha value is -3.55. The van der Waals surface area contributed by atoms with E-state index >= 15 is 0 Å². The minimum absolute atomic E-state index is 0.162. The lowest BCUT2D eigenvalue weighted by atomic mass is 10.0. The Morgan fingerprint density at radius 3 is 2.58 bits per heavy atom. The van der Waals surface area contributed by atoms with Gasteiger partial charge in [0.15, 0.2) is 0 Å². The standard InChI is InChI=1S/C25H23ClFN5O/c1-31(2)22(23-20(26)11-6-12-21(23)27)15-29-25(33)19-16-32(18-9-4-3-5-10-18)30-24(19)17-8-7-13-28-14-17/h3-14,16,22H,15H2,1-2H3,(H,29,33). The van der Waals surface area contributed by atoms with Gasteiger partial charge in [0.05, 0.1) is 17.3 Å². The molecule has 2 heterocycles. The zero-order valence-electron chi connectivity index (χ0n) is 18.2. The molecule has 1 N–H and O–H groups in total. The monoisotopic (exact) mass is 463 g/mol. The second-order valence-electron chi connectivity index (χ2n) is 7.74. The Balaban J connectivity index is 1.65. The first-order chi connectivity index (χ1) is 16.0. The lowest BCUT2D eigenvalue weighted by Gasteiger charge is -2.26. The summed E-state index contributed by atoms with van der Waals surface area (Å²) in [4.78, 5) is 19.3. The number of halogens is 2. The van der Waals surface area contributed by atoms with E-state index in [-0.39, 0.29) is 12.5 Å². The average Bonchev–Trinajstić information content (AvgIpc) is 3.27. The van der Waals surface area contributed by atoms with Crippen molar-refractivity contribution in [2.45, 2.75) is 6.04 Å². The van der Waals surface area contributed by atoms with Gasteiger partial charge in [0, 0.05) is 41.3 Å². The fourth-order valence-electron chi connectivity index (χ4n) is 3.63.